The SMILES string of the molecule is CCC1CCC(N(C)Cc2cnc(NN)s2)CC1. The van der Waals surface area contributed by atoms with E-state index in [9.17, 15) is 0 Å². The van der Waals surface area contributed by atoms with Crippen molar-refractivity contribution >= 4 is 16.5 Å². The molecule has 18 heavy (non-hydrogen) atoms. The zero-order chi connectivity index (χ0) is 13.0. The molecule has 0 saturated heterocycles. The highest BCUT2D eigenvalue weighted by atomic mass is 32.1. The van der Waals surface area contributed by atoms with Crippen LogP contribution in [0.1, 0.15) is 43.9 Å². The van der Waals surface area contributed by atoms with Gasteiger partial charge in [0.1, 0.15) is 0 Å². The highest BCUT2D eigenvalue weighted by Crippen LogP contribution is 2.30. The standard InChI is InChI=1S/C13H24N4S/c1-3-10-4-6-11(7-5-10)17(2)9-12-8-15-13(16-14)18-12/h8,10-11H,3-7,9,14H2,1-2H3,(H,15,16). The monoisotopic (exact) mass is 268 g/mol. The van der Waals surface area contributed by atoms with E-state index in [4.69, 9.17) is 5.84 Å². The minimum Gasteiger partial charge on any atom is -0.300 e. The second-order valence-corrected chi connectivity index (χ2v) is 6.39. The summed E-state index contributed by atoms with van der Waals surface area (Å²) < 4.78 is 0. The molecule has 1 fully saturated rings. The maximum Gasteiger partial charge on any atom is 0.197 e. The average molecular weight is 268 g/mol. The number of nitrogen functional groups attached to an aromatic ring is 1. The number of thiazole rings is 1. The highest BCUT2D eigenvalue weighted by molar-refractivity contribution is 7.15. The minimum absolute atomic E-state index is 0.740. The van der Waals surface area contributed by atoms with Crippen LogP contribution in [0.4, 0.5) is 5.13 Å². The van der Waals surface area contributed by atoms with Gasteiger partial charge >= 0.3 is 0 Å². The highest BCUT2D eigenvalue weighted by Gasteiger charge is 2.23. The molecule has 5 heteroatoms. The fourth-order valence-corrected chi connectivity index (χ4v) is 3.60. The van der Waals surface area contributed by atoms with Crippen molar-refractivity contribution in [2.45, 2.75) is 51.6 Å². The lowest BCUT2D eigenvalue weighted by molar-refractivity contribution is 0.158. The van der Waals surface area contributed by atoms with Crippen LogP contribution in [-0.2, 0) is 6.54 Å². The van der Waals surface area contributed by atoms with Crippen molar-refractivity contribution in [2.75, 3.05) is 12.5 Å². The summed E-state index contributed by atoms with van der Waals surface area (Å²) >= 11 is 1.64. The van der Waals surface area contributed by atoms with Crippen LogP contribution in [0, 0.1) is 5.92 Å². The molecular weight excluding hydrogens is 244 g/mol. The van der Waals surface area contributed by atoms with Crippen molar-refractivity contribution in [3.05, 3.63) is 11.1 Å². The molecule has 2 rings (SSSR count). The Balaban J connectivity index is 1.82. The Labute approximate surface area is 114 Å². The second kappa shape index (κ2) is 6.50. The van der Waals surface area contributed by atoms with E-state index in [0.29, 0.717) is 0 Å². The summed E-state index contributed by atoms with van der Waals surface area (Å²) in [5.41, 5.74) is 2.60. The topological polar surface area (TPSA) is 54.2 Å². The number of nitrogens with one attached hydrogen (secondary N) is 1. The van der Waals surface area contributed by atoms with Gasteiger partial charge in [0.25, 0.3) is 0 Å². The van der Waals surface area contributed by atoms with E-state index >= 15 is 0 Å². The van der Waals surface area contributed by atoms with Crippen molar-refractivity contribution < 1.29 is 0 Å². The molecule has 0 aliphatic heterocycles. The summed E-state index contributed by atoms with van der Waals surface area (Å²) in [7, 11) is 2.23. The first-order valence-corrected chi connectivity index (χ1v) is 7.66. The van der Waals surface area contributed by atoms with Crippen LogP contribution in [0.15, 0.2) is 6.20 Å². The zero-order valence-electron chi connectivity index (χ0n) is 11.4. The van der Waals surface area contributed by atoms with Crippen molar-refractivity contribution in [1.82, 2.24) is 9.88 Å². The first-order chi connectivity index (χ1) is 8.72. The first-order valence-electron chi connectivity index (χ1n) is 6.84. The van der Waals surface area contributed by atoms with Gasteiger partial charge in [0.15, 0.2) is 5.13 Å². The molecular formula is C13H24N4S. The Bertz CT molecular complexity index is 358. The quantitative estimate of drug-likeness (QED) is 0.637. The zero-order valence-corrected chi connectivity index (χ0v) is 12.2. The van der Waals surface area contributed by atoms with Crippen molar-refractivity contribution in [1.29, 1.82) is 0 Å². The van der Waals surface area contributed by atoms with Gasteiger partial charge in [-0.2, -0.15) is 0 Å². The van der Waals surface area contributed by atoms with Crippen molar-refractivity contribution in [2.24, 2.45) is 11.8 Å². The summed E-state index contributed by atoms with van der Waals surface area (Å²) in [4.78, 5) is 7.97. The van der Waals surface area contributed by atoms with Crippen molar-refractivity contribution in [3.8, 4) is 0 Å². The van der Waals surface area contributed by atoms with E-state index in [-0.39, 0.29) is 0 Å². The number of hydrogen-bond donors (Lipinski definition) is 2. The minimum atomic E-state index is 0.740. The number of hydrazine groups is 1. The molecule has 1 aromatic heterocycles. The van der Waals surface area contributed by atoms with Gasteiger partial charge in [0.2, 0.25) is 0 Å². The van der Waals surface area contributed by atoms with E-state index < -0.39 is 0 Å². The Morgan fingerprint density at radius 3 is 2.72 bits per heavy atom. The Kier molecular flexibility index (Phi) is 4.97. The number of rotatable bonds is 5. The molecule has 0 unspecified atom stereocenters. The van der Waals surface area contributed by atoms with Gasteiger partial charge in [-0.25, -0.2) is 10.8 Å². The van der Waals surface area contributed by atoms with Gasteiger partial charge in [0.05, 0.1) is 0 Å². The number of nitrogens with two attached hydrogens (primary N) is 1. The normalized spacial score (nSPS) is 24.4. The Hall–Kier alpha value is -0.650. The third-order valence-corrected chi connectivity index (χ3v) is 5.01. The van der Waals surface area contributed by atoms with E-state index in [0.717, 1.165) is 23.6 Å². The number of hydrogen-bond acceptors (Lipinski definition) is 5. The smallest absolute Gasteiger partial charge is 0.197 e. The van der Waals surface area contributed by atoms with Crippen LogP contribution < -0.4 is 11.3 Å². The Morgan fingerprint density at radius 1 is 1.44 bits per heavy atom. The van der Waals surface area contributed by atoms with Crippen molar-refractivity contribution in [3.63, 3.8) is 0 Å². The van der Waals surface area contributed by atoms with Crippen LogP contribution in [0.3, 0.4) is 0 Å². The maximum absolute atomic E-state index is 5.35. The molecule has 1 saturated carbocycles. The summed E-state index contributed by atoms with van der Waals surface area (Å²) in [6.45, 7) is 3.30. The molecule has 1 aromatic rings. The van der Waals surface area contributed by atoms with Crippen LogP contribution >= 0.6 is 11.3 Å². The lowest BCUT2D eigenvalue weighted by Gasteiger charge is -2.34. The third kappa shape index (κ3) is 3.43. The summed E-state index contributed by atoms with van der Waals surface area (Å²) in [5, 5.41) is 0.799. The van der Waals surface area contributed by atoms with Gasteiger partial charge in [-0.1, -0.05) is 24.7 Å². The number of anilines is 1. The van der Waals surface area contributed by atoms with Gasteiger partial charge in [-0.3, -0.25) is 10.3 Å². The fourth-order valence-electron chi connectivity index (χ4n) is 2.82. The molecule has 1 aliphatic rings. The number of aromatic nitrogens is 1. The molecule has 1 aliphatic carbocycles. The van der Waals surface area contributed by atoms with Gasteiger partial charge in [0, 0.05) is 23.7 Å². The summed E-state index contributed by atoms with van der Waals surface area (Å²) in [6.07, 6.45) is 8.74. The predicted octanol–water partition coefficient (Wildman–Crippen LogP) is 2.83. The van der Waals surface area contributed by atoms with Gasteiger partial charge in [-0.15, -0.1) is 0 Å². The van der Waals surface area contributed by atoms with E-state index in [1.165, 1.54) is 37.0 Å². The molecule has 0 amide bonds. The maximum atomic E-state index is 5.35. The molecule has 4 nitrogen and oxygen atoms in total. The van der Waals surface area contributed by atoms with Crippen LogP contribution in [0.25, 0.3) is 0 Å². The Morgan fingerprint density at radius 2 is 2.17 bits per heavy atom. The van der Waals surface area contributed by atoms with Crippen LogP contribution in [0.2, 0.25) is 0 Å². The second-order valence-electron chi connectivity index (χ2n) is 5.27. The molecule has 3 N–H and O–H groups in total. The lowest BCUT2D eigenvalue weighted by atomic mass is 9.84. The summed E-state index contributed by atoms with van der Waals surface area (Å²) in [5.74, 6) is 6.32. The largest absolute Gasteiger partial charge is 0.300 e. The molecule has 102 valence electrons. The molecule has 0 radical (unpaired) electrons. The molecule has 0 bridgehead atoms. The molecule has 1 heterocycles. The molecule has 0 spiro atoms. The average Bonchev–Trinajstić information content (AvgIpc) is 2.86. The van der Waals surface area contributed by atoms with E-state index in [1.54, 1.807) is 11.3 Å². The number of nitrogens with zero attached hydrogens (tertiary/aromatic N) is 2. The third-order valence-electron chi connectivity index (χ3n) is 4.10. The fraction of sp³-hybridized carbons (Fsp3) is 0.769. The first kappa shape index (κ1) is 13.8. The summed E-state index contributed by atoms with van der Waals surface area (Å²) in [6, 6.07) is 0.740. The molecule has 0 aromatic carbocycles. The van der Waals surface area contributed by atoms with Crippen LogP contribution in [-0.4, -0.2) is 23.0 Å². The van der Waals surface area contributed by atoms with Crippen LogP contribution in [0.5, 0.6) is 0 Å². The van der Waals surface area contributed by atoms with Gasteiger partial charge < -0.3 is 0 Å². The lowest BCUT2D eigenvalue weighted by Crippen LogP contribution is -2.34. The van der Waals surface area contributed by atoms with E-state index in [2.05, 4.69) is 29.3 Å². The van der Waals surface area contributed by atoms with E-state index in [1.807, 2.05) is 6.20 Å². The predicted molar refractivity (Wildman–Crippen MR) is 77.4 cm³/mol. The van der Waals surface area contributed by atoms with Gasteiger partial charge in [-0.05, 0) is 38.6 Å². The molecule has 0 atom stereocenters.